The zero-order valence-electron chi connectivity index (χ0n) is 8.83. The van der Waals surface area contributed by atoms with Gasteiger partial charge in [0.1, 0.15) is 0 Å². The first kappa shape index (κ1) is 11.5. The maximum atomic E-state index is 5.99. The van der Waals surface area contributed by atoms with Gasteiger partial charge >= 0.3 is 0 Å². The van der Waals surface area contributed by atoms with Crippen molar-refractivity contribution in [1.82, 2.24) is 15.1 Å². The van der Waals surface area contributed by atoms with Gasteiger partial charge in [0.2, 0.25) is 0 Å². The van der Waals surface area contributed by atoms with Crippen LogP contribution in [0.15, 0.2) is 12.3 Å². The highest BCUT2D eigenvalue weighted by Gasteiger charge is 2.00. The Hall–Kier alpha value is -0.540. The molecule has 1 rings (SSSR count). The molecule has 1 heterocycles. The second kappa shape index (κ2) is 6.04. The summed E-state index contributed by atoms with van der Waals surface area (Å²) in [5.74, 6) is 0. The summed E-state index contributed by atoms with van der Waals surface area (Å²) in [7, 11) is 1.93. The highest BCUT2D eigenvalue weighted by atomic mass is 35.5. The van der Waals surface area contributed by atoms with Gasteiger partial charge in [-0.2, -0.15) is 5.10 Å². The molecule has 3 nitrogen and oxygen atoms in total. The number of hydrogen-bond acceptors (Lipinski definition) is 2. The molecule has 1 aromatic heterocycles. The molecule has 80 valence electrons. The largest absolute Gasteiger partial charge is 0.311 e. The van der Waals surface area contributed by atoms with Crippen molar-refractivity contribution in [3.05, 3.63) is 18.0 Å². The second-order valence-electron chi connectivity index (χ2n) is 3.45. The van der Waals surface area contributed by atoms with Crippen LogP contribution < -0.4 is 5.32 Å². The molecule has 0 radical (unpaired) electrons. The van der Waals surface area contributed by atoms with Crippen LogP contribution in [-0.2, 0) is 13.6 Å². The lowest BCUT2D eigenvalue weighted by Gasteiger charge is -2.06. The number of hydrogen-bond donors (Lipinski definition) is 1. The lowest BCUT2D eigenvalue weighted by Crippen LogP contribution is -2.18. The topological polar surface area (TPSA) is 29.9 Å². The van der Waals surface area contributed by atoms with E-state index in [0.717, 1.165) is 31.6 Å². The van der Waals surface area contributed by atoms with E-state index in [1.807, 2.05) is 24.0 Å². The number of rotatable bonds is 6. The highest BCUT2D eigenvalue weighted by Crippen LogP contribution is 2.04. The van der Waals surface area contributed by atoms with Crippen LogP contribution in [0.4, 0.5) is 0 Å². The summed E-state index contributed by atoms with van der Waals surface area (Å²) in [5, 5.41) is 7.89. The van der Waals surface area contributed by atoms with Crippen LogP contribution >= 0.6 is 11.6 Å². The molecule has 14 heavy (non-hydrogen) atoms. The standard InChI is InChI=1S/C10H18ClN3/c1-3-9(11)4-6-12-8-10-5-7-14(2)13-10/h5,7,9,12H,3-4,6,8H2,1-2H3. The Kier molecular flexibility index (Phi) is 4.98. The van der Waals surface area contributed by atoms with Crippen molar-refractivity contribution in [3.63, 3.8) is 0 Å². The Morgan fingerprint density at radius 2 is 2.43 bits per heavy atom. The van der Waals surface area contributed by atoms with Crippen molar-refractivity contribution in [3.8, 4) is 0 Å². The zero-order chi connectivity index (χ0) is 10.4. The predicted molar refractivity (Wildman–Crippen MR) is 59.5 cm³/mol. The zero-order valence-corrected chi connectivity index (χ0v) is 9.59. The summed E-state index contributed by atoms with van der Waals surface area (Å²) in [4.78, 5) is 0. The summed E-state index contributed by atoms with van der Waals surface area (Å²) in [5.41, 5.74) is 1.08. The van der Waals surface area contributed by atoms with Crippen molar-refractivity contribution < 1.29 is 0 Å². The minimum Gasteiger partial charge on any atom is -0.311 e. The van der Waals surface area contributed by atoms with Gasteiger partial charge in [0.15, 0.2) is 0 Å². The third-order valence-corrected chi connectivity index (χ3v) is 2.68. The summed E-state index contributed by atoms with van der Waals surface area (Å²) in [6, 6.07) is 2.02. The van der Waals surface area contributed by atoms with E-state index in [1.165, 1.54) is 0 Å². The SMILES string of the molecule is CCC(Cl)CCNCc1ccn(C)n1. The van der Waals surface area contributed by atoms with E-state index in [9.17, 15) is 0 Å². The molecular weight excluding hydrogens is 198 g/mol. The van der Waals surface area contributed by atoms with Gasteiger partial charge in [-0.1, -0.05) is 6.92 Å². The number of alkyl halides is 1. The first-order valence-corrected chi connectivity index (χ1v) is 5.49. The van der Waals surface area contributed by atoms with Crippen LogP contribution in [0, 0.1) is 0 Å². The number of aryl methyl sites for hydroxylation is 1. The fourth-order valence-electron chi connectivity index (χ4n) is 1.24. The minimum atomic E-state index is 0.297. The molecule has 0 fully saturated rings. The van der Waals surface area contributed by atoms with Gasteiger partial charge in [-0.05, 0) is 25.5 Å². The van der Waals surface area contributed by atoms with Crippen molar-refractivity contribution >= 4 is 11.6 Å². The molecular formula is C10H18ClN3. The quantitative estimate of drug-likeness (QED) is 0.581. The van der Waals surface area contributed by atoms with Gasteiger partial charge < -0.3 is 5.32 Å². The summed E-state index contributed by atoms with van der Waals surface area (Å²) >= 11 is 5.99. The Bertz CT molecular complexity index is 260. The van der Waals surface area contributed by atoms with E-state index in [2.05, 4.69) is 17.3 Å². The number of halogens is 1. The third kappa shape index (κ3) is 4.11. The Morgan fingerprint density at radius 1 is 1.64 bits per heavy atom. The first-order valence-electron chi connectivity index (χ1n) is 5.05. The molecule has 0 aliphatic heterocycles. The second-order valence-corrected chi connectivity index (χ2v) is 4.07. The fourth-order valence-corrected chi connectivity index (χ4v) is 1.35. The molecule has 1 atom stereocenters. The fraction of sp³-hybridized carbons (Fsp3) is 0.700. The van der Waals surface area contributed by atoms with Gasteiger partial charge in [-0.25, -0.2) is 0 Å². The number of nitrogens with one attached hydrogen (secondary N) is 1. The Morgan fingerprint density at radius 3 is 3.00 bits per heavy atom. The maximum Gasteiger partial charge on any atom is 0.0762 e. The van der Waals surface area contributed by atoms with E-state index in [1.54, 1.807) is 0 Å². The van der Waals surface area contributed by atoms with Gasteiger partial charge in [0.05, 0.1) is 5.69 Å². The summed E-state index contributed by atoms with van der Waals surface area (Å²) < 4.78 is 1.81. The van der Waals surface area contributed by atoms with E-state index >= 15 is 0 Å². The summed E-state index contributed by atoms with van der Waals surface area (Å²) in [6.45, 7) is 3.89. The third-order valence-electron chi connectivity index (χ3n) is 2.15. The van der Waals surface area contributed by atoms with Crippen LogP contribution in [0.3, 0.4) is 0 Å². The molecule has 0 saturated heterocycles. The summed E-state index contributed by atoms with van der Waals surface area (Å²) in [6.07, 6.45) is 4.01. The molecule has 0 aliphatic carbocycles. The Balaban J connectivity index is 2.10. The average Bonchev–Trinajstić information content (AvgIpc) is 2.58. The molecule has 1 N–H and O–H groups in total. The van der Waals surface area contributed by atoms with Crippen LogP contribution in [-0.4, -0.2) is 21.7 Å². The van der Waals surface area contributed by atoms with Gasteiger partial charge in [0.25, 0.3) is 0 Å². The normalized spacial score (nSPS) is 13.1. The van der Waals surface area contributed by atoms with E-state index < -0.39 is 0 Å². The van der Waals surface area contributed by atoms with Crippen molar-refractivity contribution in [1.29, 1.82) is 0 Å². The molecule has 0 spiro atoms. The highest BCUT2D eigenvalue weighted by molar-refractivity contribution is 6.20. The average molecular weight is 216 g/mol. The number of aromatic nitrogens is 2. The Labute approximate surface area is 90.4 Å². The van der Waals surface area contributed by atoms with E-state index in [-0.39, 0.29) is 0 Å². The molecule has 0 amide bonds. The van der Waals surface area contributed by atoms with Gasteiger partial charge in [0, 0.05) is 25.2 Å². The lowest BCUT2D eigenvalue weighted by molar-refractivity contribution is 0.608. The molecule has 1 unspecified atom stereocenters. The van der Waals surface area contributed by atoms with Crippen molar-refractivity contribution in [2.24, 2.45) is 7.05 Å². The molecule has 0 aromatic carbocycles. The molecule has 0 aliphatic rings. The van der Waals surface area contributed by atoms with E-state index in [0.29, 0.717) is 5.38 Å². The predicted octanol–water partition coefficient (Wildman–Crippen LogP) is 1.92. The van der Waals surface area contributed by atoms with Gasteiger partial charge in [-0.15, -0.1) is 11.6 Å². The minimum absolute atomic E-state index is 0.297. The molecule has 0 saturated carbocycles. The monoisotopic (exact) mass is 215 g/mol. The maximum absolute atomic E-state index is 5.99. The molecule has 0 bridgehead atoms. The first-order chi connectivity index (χ1) is 6.72. The van der Waals surface area contributed by atoms with E-state index in [4.69, 9.17) is 11.6 Å². The smallest absolute Gasteiger partial charge is 0.0762 e. The number of nitrogens with zero attached hydrogens (tertiary/aromatic N) is 2. The van der Waals surface area contributed by atoms with Crippen LogP contribution in [0.2, 0.25) is 0 Å². The lowest BCUT2D eigenvalue weighted by atomic mass is 10.2. The van der Waals surface area contributed by atoms with Gasteiger partial charge in [-0.3, -0.25) is 4.68 Å². The molecule has 1 aromatic rings. The van der Waals surface area contributed by atoms with Crippen molar-refractivity contribution in [2.45, 2.75) is 31.7 Å². The van der Waals surface area contributed by atoms with Crippen LogP contribution in [0.25, 0.3) is 0 Å². The van der Waals surface area contributed by atoms with Crippen molar-refractivity contribution in [2.75, 3.05) is 6.54 Å². The van der Waals surface area contributed by atoms with Crippen LogP contribution in [0.5, 0.6) is 0 Å². The van der Waals surface area contributed by atoms with Crippen LogP contribution in [0.1, 0.15) is 25.5 Å². The molecule has 4 heteroatoms.